The first kappa shape index (κ1) is 22.9. The quantitative estimate of drug-likeness (QED) is 0.412. The van der Waals surface area contributed by atoms with Crippen molar-refractivity contribution >= 4 is 0 Å². The van der Waals surface area contributed by atoms with Crippen molar-refractivity contribution in [2.24, 2.45) is 0 Å². The lowest BCUT2D eigenvalue weighted by Gasteiger charge is -2.30. The molecule has 5 nitrogen and oxygen atoms in total. The molecule has 2 heterocycles. The van der Waals surface area contributed by atoms with Crippen LogP contribution in [0.15, 0.2) is 24.8 Å². The van der Waals surface area contributed by atoms with Crippen LogP contribution in [0.4, 0.5) is 0 Å². The van der Waals surface area contributed by atoms with Gasteiger partial charge in [0.1, 0.15) is 0 Å². The van der Waals surface area contributed by atoms with Crippen molar-refractivity contribution in [1.29, 1.82) is 0 Å². The van der Waals surface area contributed by atoms with Crippen molar-refractivity contribution in [3.63, 3.8) is 0 Å². The first-order valence-corrected chi connectivity index (χ1v) is 11.6. The van der Waals surface area contributed by atoms with Crippen LogP contribution < -0.4 is 0 Å². The molecule has 0 aromatic carbocycles. The minimum atomic E-state index is 0.503. The Morgan fingerprint density at radius 3 is 1.54 bits per heavy atom. The number of hydrogen-bond donors (Lipinski definition) is 0. The smallest absolute Gasteiger partial charge is 0.0974 e. The molecule has 0 bridgehead atoms. The monoisotopic (exact) mass is 391 g/mol. The van der Waals surface area contributed by atoms with Crippen LogP contribution in [0.5, 0.6) is 0 Å². The van der Waals surface area contributed by atoms with Gasteiger partial charge in [0.2, 0.25) is 0 Å². The molecule has 0 saturated carbocycles. The molecule has 2 unspecified atom stereocenters. The van der Waals surface area contributed by atoms with Crippen LogP contribution in [0.3, 0.4) is 0 Å². The van der Waals surface area contributed by atoms with E-state index < -0.39 is 0 Å². The average Bonchev–Trinajstić information content (AvgIpc) is 3.17. The van der Waals surface area contributed by atoms with E-state index in [1.54, 1.807) is 0 Å². The van der Waals surface area contributed by atoms with Gasteiger partial charge in [-0.3, -0.25) is 0 Å². The Morgan fingerprint density at radius 2 is 1.11 bits per heavy atom. The largest absolute Gasteiger partial charge is 0.359 e. The summed E-state index contributed by atoms with van der Waals surface area (Å²) in [5.41, 5.74) is 0. The molecule has 2 aliphatic rings. The van der Waals surface area contributed by atoms with E-state index in [1.165, 1.54) is 64.6 Å². The molecule has 0 aromatic rings. The molecular formula is C23H45N5. The van der Waals surface area contributed by atoms with Gasteiger partial charge in [-0.25, -0.2) is 0 Å². The minimum absolute atomic E-state index is 0.503. The molecule has 0 N–H and O–H groups in total. The molecule has 2 atom stereocenters. The highest BCUT2D eigenvalue weighted by Gasteiger charge is 2.19. The third kappa shape index (κ3) is 7.23. The fraction of sp³-hybridized carbons (Fsp3) is 0.826. The summed E-state index contributed by atoms with van der Waals surface area (Å²) < 4.78 is 0. The van der Waals surface area contributed by atoms with Crippen molar-refractivity contribution in [1.82, 2.24) is 24.5 Å². The predicted molar refractivity (Wildman–Crippen MR) is 121 cm³/mol. The van der Waals surface area contributed by atoms with E-state index in [4.69, 9.17) is 0 Å². The maximum Gasteiger partial charge on any atom is 0.0974 e. The summed E-state index contributed by atoms with van der Waals surface area (Å²) in [5.74, 6) is 0. The summed E-state index contributed by atoms with van der Waals surface area (Å²) in [7, 11) is 4.32. The molecule has 2 rings (SSSR count). The first-order valence-electron chi connectivity index (χ1n) is 11.6. The van der Waals surface area contributed by atoms with Gasteiger partial charge in [0.05, 0.1) is 12.3 Å². The summed E-state index contributed by atoms with van der Waals surface area (Å²) in [6.07, 6.45) is 19.2. The first-order chi connectivity index (χ1) is 13.5. The van der Waals surface area contributed by atoms with Gasteiger partial charge < -0.3 is 24.5 Å². The third-order valence-electron chi connectivity index (χ3n) is 6.48. The van der Waals surface area contributed by atoms with Gasteiger partial charge in [0.25, 0.3) is 0 Å². The second kappa shape index (κ2) is 12.3. The van der Waals surface area contributed by atoms with Gasteiger partial charge in [0.15, 0.2) is 0 Å². The number of hydrogen-bond acceptors (Lipinski definition) is 5. The average molecular weight is 392 g/mol. The molecule has 0 fully saturated rings. The van der Waals surface area contributed by atoms with E-state index in [2.05, 4.69) is 84.2 Å². The van der Waals surface area contributed by atoms with E-state index in [0.29, 0.717) is 12.3 Å². The second-order valence-electron chi connectivity index (χ2n) is 8.63. The van der Waals surface area contributed by atoms with Crippen molar-refractivity contribution in [3.8, 4) is 0 Å². The maximum atomic E-state index is 2.72. The van der Waals surface area contributed by atoms with Crippen LogP contribution >= 0.6 is 0 Å². The zero-order chi connectivity index (χ0) is 20.4. The fourth-order valence-electron chi connectivity index (χ4n) is 4.10. The van der Waals surface area contributed by atoms with E-state index in [9.17, 15) is 0 Å². The summed E-state index contributed by atoms with van der Waals surface area (Å²) >= 11 is 0. The van der Waals surface area contributed by atoms with Crippen LogP contribution in [0, 0.1) is 0 Å². The summed E-state index contributed by atoms with van der Waals surface area (Å²) in [4.78, 5) is 12.2. The molecule has 0 aliphatic carbocycles. The molecule has 5 heteroatoms. The van der Waals surface area contributed by atoms with Crippen molar-refractivity contribution in [3.05, 3.63) is 24.8 Å². The Morgan fingerprint density at radius 1 is 0.643 bits per heavy atom. The van der Waals surface area contributed by atoms with Crippen molar-refractivity contribution < 1.29 is 0 Å². The van der Waals surface area contributed by atoms with Gasteiger partial charge in [0, 0.05) is 52.0 Å². The second-order valence-corrected chi connectivity index (χ2v) is 8.63. The van der Waals surface area contributed by atoms with Crippen LogP contribution in [0.25, 0.3) is 0 Å². The molecular weight excluding hydrogens is 346 g/mol. The molecule has 0 saturated heterocycles. The third-order valence-corrected chi connectivity index (χ3v) is 6.48. The van der Waals surface area contributed by atoms with E-state index in [-0.39, 0.29) is 0 Å². The Hall–Kier alpha value is -1.36. The van der Waals surface area contributed by atoms with Gasteiger partial charge in [-0.2, -0.15) is 0 Å². The molecule has 28 heavy (non-hydrogen) atoms. The molecule has 0 aromatic heterocycles. The highest BCUT2D eigenvalue weighted by atomic mass is 15.4. The highest BCUT2D eigenvalue weighted by molar-refractivity contribution is 4.94. The summed E-state index contributed by atoms with van der Waals surface area (Å²) in [6, 6.07) is 0. The summed E-state index contributed by atoms with van der Waals surface area (Å²) in [6.45, 7) is 12.9. The minimum Gasteiger partial charge on any atom is -0.359 e. The molecule has 2 aliphatic heterocycles. The lowest BCUT2D eigenvalue weighted by Crippen LogP contribution is -2.37. The van der Waals surface area contributed by atoms with Crippen molar-refractivity contribution in [2.75, 3.05) is 46.8 Å². The van der Waals surface area contributed by atoms with Crippen LogP contribution in [-0.4, -0.2) is 83.7 Å². The zero-order valence-corrected chi connectivity index (χ0v) is 19.2. The normalized spacial score (nSPS) is 21.8. The van der Waals surface area contributed by atoms with Crippen LogP contribution in [0.1, 0.15) is 65.7 Å². The fourth-order valence-corrected chi connectivity index (χ4v) is 4.10. The molecule has 0 spiro atoms. The Balaban J connectivity index is 1.69. The van der Waals surface area contributed by atoms with Gasteiger partial charge in [-0.1, -0.05) is 32.6 Å². The Bertz CT molecular complexity index is 442. The Labute approximate surface area is 174 Å². The number of unbranched alkanes of at least 4 members (excludes halogenated alkanes) is 4. The van der Waals surface area contributed by atoms with Gasteiger partial charge >= 0.3 is 0 Å². The Kier molecular flexibility index (Phi) is 10.0. The van der Waals surface area contributed by atoms with E-state index >= 15 is 0 Å². The predicted octanol–water partition coefficient (Wildman–Crippen LogP) is 4.17. The van der Waals surface area contributed by atoms with E-state index in [1.807, 2.05) is 0 Å². The van der Waals surface area contributed by atoms with Gasteiger partial charge in [-0.05, 0) is 52.7 Å². The lowest BCUT2D eigenvalue weighted by molar-refractivity contribution is 0.169. The number of rotatable bonds is 14. The number of nitrogens with zero attached hydrogens (tertiary/aromatic N) is 5. The molecule has 0 radical (unpaired) electrons. The topological polar surface area (TPSA) is 16.2 Å². The maximum absolute atomic E-state index is 2.72. The zero-order valence-electron chi connectivity index (χ0n) is 19.2. The van der Waals surface area contributed by atoms with Crippen LogP contribution in [-0.2, 0) is 0 Å². The lowest BCUT2D eigenvalue weighted by atomic mass is 10.1. The molecule has 162 valence electrons. The highest BCUT2D eigenvalue weighted by Crippen LogP contribution is 2.15. The van der Waals surface area contributed by atoms with Gasteiger partial charge in [-0.15, -0.1) is 0 Å². The van der Waals surface area contributed by atoms with Crippen molar-refractivity contribution in [2.45, 2.75) is 78.0 Å². The van der Waals surface area contributed by atoms with E-state index in [0.717, 1.165) is 13.1 Å². The molecule has 0 amide bonds. The SMILES string of the molecule is CCCCCCCN(CCCN1C=CN(C)C1C)CCCN1C=CN(C)C1C. The summed E-state index contributed by atoms with van der Waals surface area (Å²) in [5, 5.41) is 0. The standard InChI is InChI=1S/C23H45N5/c1-6-7-8-9-10-13-26(14-11-16-27-20-18-24(4)22(27)2)15-12-17-28-21-19-25(5)23(28)3/h18-23H,6-17H2,1-5H3. The van der Waals surface area contributed by atoms with Crippen LogP contribution in [0.2, 0.25) is 0 Å².